The molecule has 0 spiro atoms. The number of nitrogens with zero attached hydrogens (tertiary/aromatic N) is 5. The van der Waals surface area contributed by atoms with Gasteiger partial charge in [-0.3, -0.25) is 0 Å². The number of anilines is 3. The van der Waals surface area contributed by atoms with Crippen molar-refractivity contribution in [1.82, 2.24) is 25.3 Å². The summed E-state index contributed by atoms with van der Waals surface area (Å²) in [7, 11) is 1.85. The van der Waals surface area contributed by atoms with E-state index in [1.165, 1.54) is 12.1 Å². The molecule has 0 saturated heterocycles. The summed E-state index contributed by atoms with van der Waals surface area (Å²) in [5.74, 6) is 1.92. The Morgan fingerprint density at radius 3 is 2.44 bits per heavy atom. The highest BCUT2D eigenvalue weighted by atomic mass is 19.1. The zero-order valence-electron chi connectivity index (χ0n) is 19.9. The predicted octanol–water partition coefficient (Wildman–Crippen LogP) is 4.65. The van der Waals surface area contributed by atoms with Gasteiger partial charge < -0.3 is 20.6 Å². The number of carbonyl (C=O) groups is 1. The molecule has 0 aliphatic carbocycles. The summed E-state index contributed by atoms with van der Waals surface area (Å²) in [6, 6.07) is 17.4. The molecule has 1 unspecified atom stereocenters. The normalized spacial score (nSPS) is 11.5. The van der Waals surface area contributed by atoms with Crippen LogP contribution in [-0.2, 0) is 13.0 Å². The van der Waals surface area contributed by atoms with Gasteiger partial charge >= 0.3 is 6.09 Å². The average Bonchev–Trinajstić information content (AvgIpc) is 2.88. The summed E-state index contributed by atoms with van der Waals surface area (Å²) in [5.41, 5.74) is 2.68. The fourth-order valence-electron chi connectivity index (χ4n) is 3.67. The molecule has 10 heteroatoms. The maximum Gasteiger partial charge on any atom is 0.404 e. The first kappa shape index (κ1) is 24.5. The second kappa shape index (κ2) is 11.2. The molecule has 2 heterocycles. The molecule has 1 amide bonds. The van der Waals surface area contributed by atoms with E-state index in [-0.39, 0.29) is 18.4 Å². The van der Waals surface area contributed by atoms with Crippen molar-refractivity contribution in [3.8, 4) is 11.4 Å². The molecular formula is C26H26FN7O2. The third-order valence-corrected chi connectivity index (χ3v) is 5.42. The lowest BCUT2D eigenvalue weighted by Crippen LogP contribution is -2.22. The van der Waals surface area contributed by atoms with Gasteiger partial charge in [0.05, 0.1) is 0 Å². The van der Waals surface area contributed by atoms with Crippen molar-refractivity contribution in [2.75, 3.05) is 17.3 Å². The van der Waals surface area contributed by atoms with E-state index in [9.17, 15) is 9.18 Å². The molecule has 184 valence electrons. The number of amides is 1. The maximum atomic E-state index is 13.3. The van der Waals surface area contributed by atoms with Gasteiger partial charge in [-0.05, 0) is 60.9 Å². The minimum Gasteiger partial charge on any atom is -0.465 e. The van der Waals surface area contributed by atoms with Gasteiger partial charge in [0.25, 0.3) is 0 Å². The zero-order valence-corrected chi connectivity index (χ0v) is 19.9. The van der Waals surface area contributed by atoms with Crippen molar-refractivity contribution < 1.29 is 14.3 Å². The number of halogens is 1. The first-order valence-electron chi connectivity index (χ1n) is 11.3. The number of carboxylic acid groups (broad SMARTS) is 1. The van der Waals surface area contributed by atoms with Crippen LogP contribution in [0.4, 0.5) is 26.8 Å². The summed E-state index contributed by atoms with van der Waals surface area (Å²) in [4.78, 5) is 30.4. The van der Waals surface area contributed by atoms with Crippen LogP contribution in [0.15, 0.2) is 73.1 Å². The number of hydrogen-bond acceptors (Lipinski definition) is 7. The Morgan fingerprint density at radius 1 is 1.00 bits per heavy atom. The molecule has 0 bridgehead atoms. The molecule has 3 N–H and O–H groups in total. The summed E-state index contributed by atoms with van der Waals surface area (Å²) in [6.07, 6.45) is 2.98. The van der Waals surface area contributed by atoms with Crippen molar-refractivity contribution in [3.63, 3.8) is 0 Å². The van der Waals surface area contributed by atoms with Crippen LogP contribution in [-0.4, -0.2) is 44.2 Å². The fourth-order valence-corrected chi connectivity index (χ4v) is 3.67. The second-order valence-electron chi connectivity index (χ2n) is 8.27. The summed E-state index contributed by atoms with van der Waals surface area (Å²) >= 11 is 0. The first-order chi connectivity index (χ1) is 17.4. The molecule has 36 heavy (non-hydrogen) atoms. The number of nitrogens with one attached hydrogen (secondary N) is 2. The molecule has 2 aromatic heterocycles. The zero-order chi connectivity index (χ0) is 25.5. The van der Waals surface area contributed by atoms with E-state index >= 15 is 0 Å². The fraction of sp³-hybridized carbons (Fsp3) is 0.192. The maximum absolute atomic E-state index is 13.3. The lowest BCUT2D eigenvalue weighted by Gasteiger charge is -2.19. The standard InChI is InChI=1S/C26H26FN7O2/c1-17(14-18-4-3-5-19(15-18)16-30-26(35)36)31-25-29-13-11-23(33-25)34(2)22-10-12-28-24(32-22)20-6-8-21(27)9-7-20/h3-13,15,17,30H,14,16H2,1-2H3,(H,35,36)(H,29,31,33). The van der Waals surface area contributed by atoms with E-state index in [1.807, 2.05) is 43.1 Å². The SMILES string of the molecule is CC(Cc1cccc(CNC(=O)O)c1)Nc1nccc(N(C)c2ccnc(-c3ccc(F)cc3)n2)n1. The topological polar surface area (TPSA) is 116 Å². The Morgan fingerprint density at radius 2 is 1.69 bits per heavy atom. The van der Waals surface area contributed by atoms with Crippen LogP contribution in [0.1, 0.15) is 18.1 Å². The van der Waals surface area contributed by atoms with Gasteiger partial charge in [-0.2, -0.15) is 4.98 Å². The third kappa shape index (κ3) is 6.50. The Hall–Kier alpha value is -4.60. The smallest absolute Gasteiger partial charge is 0.404 e. The van der Waals surface area contributed by atoms with Crippen molar-refractivity contribution in [3.05, 3.63) is 90.0 Å². The van der Waals surface area contributed by atoms with Gasteiger partial charge in [-0.25, -0.2) is 24.1 Å². The molecule has 4 aromatic rings. The van der Waals surface area contributed by atoms with Gasteiger partial charge in [-0.1, -0.05) is 24.3 Å². The Balaban J connectivity index is 1.43. The van der Waals surface area contributed by atoms with Crippen molar-refractivity contribution in [1.29, 1.82) is 0 Å². The highest BCUT2D eigenvalue weighted by Gasteiger charge is 2.12. The lowest BCUT2D eigenvalue weighted by atomic mass is 10.0. The molecule has 9 nitrogen and oxygen atoms in total. The molecule has 0 aliphatic rings. The first-order valence-corrected chi connectivity index (χ1v) is 11.3. The Bertz CT molecular complexity index is 1330. The van der Waals surface area contributed by atoms with Gasteiger partial charge in [0.2, 0.25) is 5.95 Å². The molecule has 0 saturated carbocycles. The molecule has 0 fully saturated rings. The van der Waals surface area contributed by atoms with Crippen LogP contribution in [0.2, 0.25) is 0 Å². The highest BCUT2D eigenvalue weighted by Crippen LogP contribution is 2.23. The number of benzene rings is 2. The van der Waals surface area contributed by atoms with Gasteiger partial charge in [0, 0.05) is 37.6 Å². The van der Waals surface area contributed by atoms with E-state index in [0.29, 0.717) is 35.4 Å². The monoisotopic (exact) mass is 487 g/mol. The van der Waals surface area contributed by atoms with Crippen LogP contribution in [0.3, 0.4) is 0 Å². The Kier molecular flexibility index (Phi) is 7.64. The summed E-state index contributed by atoms with van der Waals surface area (Å²) in [6.45, 7) is 2.29. The quantitative estimate of drug-likeness (QED) is 0.312. The third-order valence-electron chi connectivity index (χ3n) is 5.42. The van der Waals surface area contributed by atoms with Crippen LogP contribution in [0, 0.1) is 5.82 Å². The van der Waals surface area contributed by atoms with E-state index in [0.717, 1.165) is 11.1 Å². The molecule has 4 rings (SSSR count). The highest BCUT2D eigenvalue weighted by molar-refractivity contribution is 5.64. The largest absolute Gasteiger partial charge is 0.465 e. The molecule has 0 radical (unpaired) electrons. The summed E-state index contributed by atoms with van der Waals surface area (Å²) in [5, 5.41) is 14.5. The van der Waals surface area contributed by atoms with E-state index in [2.05, 4.69) is 30.6 Å². The minimum absolute atomic E-state index is 0.0253. The van der Waals surface area contributed by atoms with Crippen molar-refractivity contribution in [2.24, 2.45) is 0 Å². The minimum atomic E-state index is -1.05. The van der Waals surface area contributed by atoms with E-state index in [4.69, 9.17) is 5.11 Å². The molecular weight excluding hydrogens is 461 g/mol. The predicted molar refractivity (Wildman–Crippen MR) is 136 cm³/mol. The van der Waals surface area contributed by atoms with Crippen molar-refractivity contribution >= 4 is 23.7 Å². The van der Waals surface area contributed by atoms with Gasteiger partial charge in [-0.15, -0.1) is 0 Å². The van der Waals surface area contributed by atoms with E-state index < -0.39 is 6.09 Å². The molecule has 2 aromatic carbocycles. The number of aromatic nitrogens is 4. The number of hydrogen-bond donors (Lipinski definition) is 3. The van der Waals surface area contributed by atoms with E-state index in [1.54, 1.807) is 36.7 Å². The van der Waals surface area contributed by atoms with Gasteiger partial charge in [0.1, 0.15) is 17.5 Å². The Labute approximate surface area is 208 Å². The summed E-state index contributed by atoms with van der Waals surface area (Å²) < 4.78 is 13.3. The lowest BCUT2D eigenvalue weighted by molar-refractivity contribution is 0.194. The second-order valence-corrected chi connectivity index (χ2v) is 8.27. The van der Waals surface area contributed by atoms with Crippen LogP contribution < -0.4 is 15.5 Å². The van der Waals surface area contributed by atoms with Crippen LogP contribution in [0.25, 0.3) is 11.4 Å². The molecule has 1 atom stereocenters. The molecule has 0 aliphatic heterocycles. The number of rotatable bonds is 9. The van der Waals surface area contributed by atoms with Crippen molar-refractivity contribution in [2.45, 2.75) is 25.9 Å². The van der Waals surface area contributed by atoms with Gasteiger partial charge in [0.15, 0.2) is 5.82 Å². The average molecular weight is 488 g/mol. The van der Waals surface area contributed by atoms with Crippen LogP contribution >= 0.6 is 0 Å². The van der Waals surface area contributed by atoms with Crippen LogP contribution in [0.5, 0.6) is 0 Å².